The highest BCUT2D eigenvalue weighted by Gasteiger charge is 2.36. The number of carbonyl (C=O) groups excluding carboxylic acids is 1. The summed E-state index contributed by atoms with van der Waals surface area (Å²) in [7, 11) is 0. The lowest BCUT2D eigenvalue weighted by Crippen LogP contribution is -2.40. The van der Waals surface area contributed by atoms with Gasteiger partial charge in [-0.3, -0.25) is 4.79 Å². The molecule has 1 fully saturated rings. The van der Waals surface area contributed by atoms with E-state index < -0.39 is 17.9 Å². The minimum atomic E-state index is -1.03. The predicted octanol–water partition coefficient (Wildman–Crippen LogP) is 5.75. The zero-order chi connectivity index (χ0) is 24.5. The molecular weight excluding hydrogens is 418 g/mol. The smallest absolute Gasteiger partial charge is 0.326 e. The number of phenolic OH excluding ortho intramolecular Hbond substituents is 2. The molecular formula is C27H39NO5. The van der Waals surface area contributed by atoms with Gasteiger partial charge in [-0.1, -0.05) is 43.1 Å². The maximum atomic E-state index is 13.4. The van der Waals surface area contributed by atoms with Crippen molar-refractivity contribution in [2.45, 2.75) is 91.5 Å². The number of allylic oxidation sites excluding steroid dienone is 4. The lowest BCUT2D eigenvalue weighted by atomic mass is 9.93. The third-order valence-corrected chi connectivity index (χ3v) is 6.27. The molecule has 182 valence electrons. The Morgan fingerprint density at radius 2 is 1.88 bits per heavy atom. The number of phenols is 2. The number of carboxylic acid groups (broad SMARTS) is 1. The van der Waals surface area contributed by atoms with E-state index in [2.05, 4.69) is 26.8 Å². The number of aromatic hydroxyl groups is 2. The Morgan fingerprint density at radius 1 is 1.15 bits per heavy atom. The number of rotatable bonds is 11. The van der Waals surface area contributed by atoms with Gasteiger partial charge in [0.2, 0.25) is 0 Å². The summed E-state index contributed by atoms with van der Waals surface area (Å²) in [4.78, 5) is 26.4. The van der Waals surface area contributed by atoms with Crippen LogP contribution in [0.5, 0.6) is 11.5 Å². The molecule has 1 amide bonds. The Kier molecular flexibility index (Phi) is 10.0. The Balaban J connectivity index is 2.39. The summed E-state index contributed by atoms with van der Waals surface area (Å²) in [6.07, 6.45) is 10.6. The Bertz CT molecular complexity index is 912. The molecule has 0 saturated carbocycles. The van der Waals surface area contributed by atoms with Crippen molar-refractivity contribution >= 4 is 11.9 Å². The first-order valence-electron chi connectivity index (χ1n) is 12.1. The highest BCUT2D eigenvalue weighted by atomic mass is 16.4. The fraction of sp³-hybridized carbons (Fsp3) is 0.556. The standard InChI is InChI=1S/C27H39NO5/c1-5-6-7-12-20-17-23(29)21(15-14-19(4)11-8-10-18(2)3)25(30)24(20)26(31)28-16-9-13-22(28)27(32)33/h10,14,17,22,29-30H,5-9,11-13,15-16H2,1-4H3,(H,32,33)/t22-/m1/s1. The van der Waals surface area contributed by atoms with Crippen molar-refractivity contribution in [3.63, 3.8) is 0 Å². The van der Waals surface area contributed by atoms with Crippen LogP contribution in [0.2, 0.25) is 0 Å². The van der Waals surface area contributed by atoms with Crippen LogP contribution in [0.25, 0.3) is 0 Å². The van der Waals surface area contributed by atoms with E-state index >= 15 is 0 Å². The molecule has 0 aliphatic carbocycles. The van der Waals surface area contributed by atoms with Crippen LogP contribution in [0.1, 0.15) is 94.1 Å². The monoisotopic (exact) mass is 457 g/mol. The summed E-state index contributed by atoms with van der Waals surface area (Å²) in [5, 5.41) is 31.3. The fourth-order valence-electron chi connectivity index (χ4n) is 4.33. The number of nitrogens with zero attached hydrogens (tertiary/aromatic N) is 1. The number of carboxylic acids is 1. The largest absolute Gasteiger partial charge is 0.508 e. The molecule has 1 atom stereocenters. The van der Waals surface area contributed by atoms with Crippen LogP contribution in [0.4, 0.5) is 0 Å². The lowest BCUT2D eigenvalue weighted by Gasteiger charge is -2.24. The van der Waals surface area contributed by atoms with Crippen LogP contribution in [-0.2, 0) is 17.6 Å². The Morgan fingerprint density at radius 3 is 2.52 bits per heavy atom. The molecule has 1 aliphatic rings. The third kappa shape index (κ3) is 7.11. The van der Waals surface area contributed by atoms with Crippen molar-refractivity contribution in [2.24, 2.45) is 0 Å². The first-order valence-corrected chi connectivity index (χ1v) is 12.1. The second kappa shape index (κ2) is 12.5. The summed E-state index contributed by atoms with van der Waals surface area (Å²) in [5.74, 6) is -1.74. The summed E-state index contributed by atoms with van der Waals surface area (Å²) in [6, 6.07) is 0.700. The molecule has 1 aromatic rings. The van der Waals surface area contributed by atoms with Crippen molar-refractivity contribution in [2.75, 3.05) is 6.54 Å². The molecule has 1 saturated heterocycles. The maximum Gasteiger partial charge on any atom is 0.326 e. The second-order valence-electron chi connectivity index (χ2n) is 9.28. The zero-order valence-electron chi connectivity index (χ0n) is 20.5. The topological polar surface area (TPSA) is 98.1 Å². The van der Waals surface area contributed by atoms with E-state index in [-0.39, 0.29) is 17.1 Å². The number of carbonyl (C=O) groups is 2. The lowest BCUT2D eigenvalue weighted by molar-refractivity contribution is -0.141. The van der Waals surface area contributed by atoms with Gasteiger partial charge in [-0.15, -0.1) is 0 Å². The summed E-state index contributed by atoms with van der Waals surface area (Å²) in [6.45, 7) is 8.57. The van der Waals surface area contributed by atoms with Gasteiger partial charge in [0.25, 0.3) is 5.91 Å². The number of amides is 1. The minimum Gasteiger partial charge on any atom is -0.508 e. The summed E-state index contributed by atoms with van der Waals surface area (Å²) in [5.41, 5.74) is 3.43. The van der Waals surface area contributed by atoms with E-state index in [0.717, 1.165) is 37.7 Å². The van der Waals surface area contributed by atoms with Crippen LogP contribution in [0.15, 0.2) is 29.4 Å². The van der Waals surface area contributed by atoms with Crippen LogP contribution in [-0.4, -0.2) is 44.7 Å². The number of benzene rings is 1. The number of unbranched alkanes of at least 4 members (excludes halogenated alkanes) is 2. The third-order valence-electron chi connectivity index (χ3n) is 6.27. The van der Waals surface area contributed by atoms with E-state index in [0.29, 0.717) is 43.4 Å². The highest BCUT2D eigenvalue weighted by molar-refractivity contribution is 6.01. The Hall–Kier alpha value is -2.76. The van der Waals surface area contributed by atoms with Gasteiger partial charge in [0, 0.05) is 12.1 Å². The molecule has 0 bridgehead atoms. The number of aryl methyl sites for hydroxylation is 1. The SMILES string of the molecule is CCCCCc1cc(O)c(CC=C(C)CCC=C(C)C)c(O)c1C(=O)N1CCC[C@@H]1C(=O)O. The van der Waals surface area contributed by atoms with Crippen LogP contribution >= 0.6 is 0 Å². The van der Waals surface area contributed by atoms with E-state index in [4.69, 9.17) is 0 Å². The van der Waals surface area contributed by atoms with Crippen LogP contribution in [0, 0.1) is 0 Å². The van der Waals surface area contributed by atoms with Crippen molar-refractivity contribution < 1.29 is 24.9 Å². The van der Waals surface area contributed by atoms with Gasteiger partial charge < -0.3 is 20.2 Å². The minimum absolute atomic E-state index is 0.0277. The van der Waals surface area contributed by atoms with Gasteiger partial charge in [0.1, 0.15) is 17.5 Å². The molecule has 0 spiro atoms. The average molecular weight is 458 g/mol. The van der Waals surface area contributed by atoms with Gasteiger partial charge in [-0.05, 0) is 77.3 Å². The van der Waals surface area contributed by atoms with Gasteiger partial charge in [-0.25, -0.2) is 4.79 Å². The molecule has 33 heavy (non-hydrogen) atoms. The summed E-state index contributed by atoms with van der Waals surface area (Å²) < 4.78 is 0. The molecule has 6 heteroatoms. The molecule has 0 aromatic heterocycles. The number of hydrogen-bond acceptors (Lipinski definition) is 4. The first-order chi connectivity index (χ1) is 15.7. The van der Waals surface area contributed by atoms with Crippen LogP contribution in [0.3, 0.4) is 0 Å². The predicted molar refractivity (Wildman–Crippen MR) is 131 cm³/mol. The van der Waals surface area contributed by atoms with Gasteiger partial charge in [0.15, 0.2) is 0 Å². The summed E-state index contributed by atoms with van der Waals surface area (Å²) >= 11 is 0. The fourth-order valence-corrected chi connectivity index (χ4v) is 4.33. The van der Waals surface area contributed by atoms with E-state index in [1.807, 2.05) is 13.0 Å². The molecule has 3 N–H and O–H groups in total. The number of hydrogen-bond donors (Lipinski definition) is 3. The van der Waals surface area contributed by atoms with Gasteiger partial charge in [-0.2, -0.15) is 0 Å². The van der Waals surface area contributed by atoms with Crippen molar-refractivity contribution in [1.29, 1.82) is 0 Å². The molecule has 6 nitrogen and oxygen atoms in total. The maximum absolute atomic E-state index is 13.4. The number of likely N-dealkylation sites (tertiary alicyclic amines) is 1. The molecule has 1 aliphatic heterocycles. The highest BCUT2D eigenvalue weighted by Crippen LogP contribution is 2.37. The molecule has 0 unspecified atom stereocenters. The van der Waals surface area contributed by atoms with E-state index in [1.54, 1.807) is 6.07 Å². The van der Waals surface area contributed by atoms with Crippen molar-refractivity contribution in [3.8, 4) is 11.5 Å². The van der Waals surface area contributed by atoms with E-state index in [1.165, 1.54) is 10.5 Å². The normalized spacial score (nSPS) is 16.2. The first kappa shape index (κ1) is 26.5. The van der Waals surface area contributed by atoms with Crippen LogP contribution < -0.4 is 0 Å². The zero-order valence-corrected chi connectivity index (χ0v) is 20.5. The molecule has 1 heterocycles. The molecule has 2 rings (SSSR count). The molecule has 0 radical (unpaired) electrons. The van der Waals surface area contributed by atoms with Crippen molar-refractivity contribution in [1.82, 2.24) is 4.90 Å². The second-order valence-corrected chi connectivity index (χ2v) is 9.28. The van der Waals surface area contributed by atoms with Gasteiger partial charge in [0.05, 0.1) is 5.56 Å². The van der Waals surface area contributed by atoms with Crippen molar-refractivity contribution in [3.05, 3.63) is 46.1 Å². The number of aliphatic carboxylic acids is 1. The van der Waals surface area contributed by atoms with Gasteiger partial charge >= 0.3 is 5.97 Å². The van der Waals surface area contributed by atoms with E-state index in [9.17, 15) is 24.9 Å². The molecule has 1 aromatic carbocycles. The quantitative estimate of drug-likeness (QED) is 0.290. The Labute approximate surface area is 197 Å². The average Bonchev–Trinajstić information content (AvgIpc) is 3.23.